The van der Waals surface area contributed by atoms with Crippen LogP contribution in [0.5, 0.6) is 0 Å². The minimum absolute atomic E-state index is 0.0361. The van der Waals surface area contributed by atoms with E-state index in [0.717, 1.165) is 6.39 Å². The van der Waals surface area contributed by atoms with Gasteiger partial charge in [0.2, 0.25) is 16.4 Å². The van der Waals surface area contributed by atoms with E-state index in [9.17, 15) is 8.42 Å². The Morgan fingerprint density at radius 2 is 2.22 bits per heavy atom. The first-order valence-corrected chi connectivity index (χ1v) is 6.28. The van der Waals surface area contributed by atoms with Crippen LogP contribution in [0.4, 0.5) is 5.82 Å². The van der Waals surface area contributed by atoms with Crippen molar-refractivity contribution in [3.05, 3.63) is 30.5 Å². The van der Waals surface area contributed by atoms with Crippen molar-refractivity contribution >= 4 is 15.8 Å². The van der Waals surface area contributed by atoms with Gasteiger partial charge < -0.3 is 9.95 Å². The van der Waals surface area contributed by atoms with E-state index in [1.54, 1.807) is 0 Å². The highest BCUT2D eigenvalue weighted by Gasteiger charge is 2.15. The molecule has 9 nitrogen and oxygen atoms in total. The third-order valence-corrected chi connectivity index (χ3v) is 3.42. The van der Waals surface area contributed by atoms with Crippen LogP contribution in [0.1, 0.15) is 5.82 Å². The van der Waals surface area contributed by atoms with E-state index >= 15 is 0 Å². The van der Waals surface area contributed by atoms with Crippen LogP contribution in [0.3, 0.4) is 0 Å². The quantitative estimate of drug-likeness (QED) is 0.476. The molecule has 0 fully saturated rings. The Balaban J connectivity index is 2.14. The maximum atomic E-state index is 11.9. The zero-order valence-corrected chi connectivity index (χ0v) is 9.88. The molecule has 0 unspecified atom stereocenters. The number of sulfonamides is 1. The van der Waals surface area contributed by atoms with Crippen molar-refractivity contribution in [3.8, 4) is 0 Å². The zero-order valence-electron chi connectivity index (χ0n) is 9.07. The summed E-state index contributed by atoms with van der Waals surface area (Å²) >= 11 is 0. The third-order valence-electron chi connectivity index (χ3n) is 2.02. The number of nitrogens with one attached hydrogen (secondary N) is 2. The molecule has 0 radical (unpaired) electrons. The Labute approximate surface area is 102 Å². The first-order valence-electron chi connectivity index (χ1n) is 4.79. The Hall–Kier alpha value is -2.04. The van der Waals surface area contributed by atoms with Gasteiger partial charge in [-0.3, -0.25) is 0 Å². The largest absolute Gasteiger partial charge is 0.343 e. The van der Waals surface area contributed by atoms with Crippen molar-refractivity contribution < 1.29 is 12.9 Å². The van der Waals surface area contributed by atoms with Crippen LogP contribution in [0.2, 0.25) is 0 Å². The molecule has 0 saturated carbocycles. The minimum Gasteiger partial charge on any atom is -0.343 e. The van der Waals surface area contributed by atoms with E-state index in [-0.39, 0.29) is 23.1 Å². The first kappa shape index (κ1) is 12.4. The van der Waals surface area contributed by atoms with Gasteiger partial charge in [0, 0.05) is 12.3 Å². The van der Waals surface area contributed by atoms with E-state index in [1.165, 1.54) is 18.3 Å². The summed E-state index contributed by atoms with van der Waals surface area (Å²) in [5.74, 6) is 5.64. The molecule has 0 aliphatic heterocycles. The van der Waals surface area contributed by atoms with Gasteiger partial charge in [-0.05, 0) is 6.07 Å². The van der Waals surface area contributed by atoms with E-state index in [0.29, 0.717) is 0 Å². The second-order valence-corrected chi connectivity index (χ2v) is 4.96. The lowest BCUT2D eigenvalue weighted by Crippen LogP contribution is -2.24. The summed E-state index contributed by atoms with van der Waals surface area (Å²) in [4.78, 5) is 7.55. The molecule has 0 spiro atoms. The molecule has 2 aromatic rings. The monoisotopic (exact) mass is 270 g/mol. The van der Waals surface area contributed by atoms with Gasteiger partial charge in [0.1, 0.15) is 5.82 Å². The molecule has 4 N–H and O–H groups in total. The van der Waals surface area contributed by atoms with Crippen LogP contribution in [0, 0.1) is 0 Å². The van der Waals surface area contributed by atoms with Crippen molar-refractivity contribution in [1.82, 2.24) is 19.8 Å². The maximum absolute atomic E-state index is 11.9. The van der Waals surface area contributed by atoms with Crippen LogP contribution in [0.15, 0.2) is 34.1 Å². The van der Waals surface area contributed by atoms with E-state index in [1.807, 2.05) is 0 Å². The smallest absolute Gasteiger partial charge is 0.241 e. The number of nitrogen functional groups attached to an aromatic ring is 1. The van der Waals surface area contributed by atoms with Gasteiger partial charge in [-0.25, -0.2) is 24.0 Å². The molecule has 0 bridgehead atoms. The number of hydrogen-bond acceptors (Lipinski definition) is 8. The molecular weight excluding hydrogens is 260 g/mol. The van der Waals surface area contributed by atoms with Gasteiger partial charge in [0.25, 0.3) is 0 Å². The summed E-state index contributed by atoms with van der Waals surface area (Å²) in [7, 11) is -3.68. The predicted molar refractivity (Wildman–Crippen MR) is 60.4 cm³/mol. The van der Waals surface area contributed by atoms with E-state index in [4.69, 9.17) is 5.84 Å². The van der Waals surface area contributed by atoms with Crippen molar-refractivity contribution in [1.29, 1.82) is 0 Å². The van der Waals surface area contributed by atoms with Gasteiger partial charge in [-0.1, -0.05) is 5.16 Å². The minimum atomic E-state index is -3.68. The average Bonchev–Trinajstić information content (AvgIpc) is 2.90. The van der Waals surface area contributed by atoms with Gasteiger partial charge in [0.05, 0.1) is 11.4 Å². The number of nitrogens with two attached hydrogens (primary N) is 1. The van der Waals surface area contributed by atoms with E-state index < -0.39 is 10.0 Å². The average molecular weight is 270 g/mol. The molecule has 2 rings (SSSR count). The Bertz CT molecular complexity index is 612. The number of aromatic nitrogens is 3. The van der Waals surface area contributed by atoms with E-state index in [2.05, 4.69) is 29.8 Å². The molecule has 2 aromatic heterocycles. The molecule has 96 valence electrons. The van der Waals surface area contributed by atoms with Crippen LogP contribution in [-0.2, 0) is 16.6 Å². The lowest BCUT2D eigenvalue weighted by molar-refractivity contribution is 0.409. The summed E-state index contributed by atoms with van der Waals surface area (Å²) in [5.41, 5.74) is 2.27. The highest BCUT2D eigenvalue weighted by Crippen LogP contribution is 2.11. The standard InChI is InChI=1S/C8H10N6O3S/c9-13-7-3-6(1-2-10-7)18(15,16)12-4-8-11-5-17-14-8/h1-3,5,12H,4,9H2,(H,10,13). The Kier molecular flexibility index (Phi) is 3.50. The number of hydrazine groups is 1. The van der Waals surface area contributed by atoms with Crippen molar-refractivity contribution in [2.24, 2.45) is 5.84 Å². The highest BCUT2D eigenvalue weighted by molar-refractivity contribution is 7.89. The van der Waals surface area contributed by atoms with Gasteiger partial charge in [-0.2, -0.15) is 4.98 Å². The molecule has 0 atom stereocenters. The van der Waals surface area contributed by atoms with Gasteiger partial charge >= 0.3 is 0 Å². The molecule has 0 aliphatic carbocycles. The van der Waals surface area contributed by atoms with Crippen LogP contribution >= 0.6 is 0 Å². The SMILES string of the molecule is NNc1cc(S(=O)(=O)NCc2ncon2)ccn1. The molecule has 18 heavy (non-hydrogen) atoms. The fraction of sp³-hybridized carbons (Fsp3) is 0.125. The van der Waals surface area contributed by atoms with Crippen molar-refractivity contribution in [2.75, 3.05) is 5.43 Å². The second-order valence-electron chi connectivity index (χ2n) is 3.19. The number of anilines is 1. The van der Waals surface area contributed by atoms with Crippen molar-refractivity contribution in [2.45, 2.75) is 11.4 Å². The normalized spacial score (nSPS) is 11.4. The topological polar surface area (TPSA) is 136 Å². The second kappa shape index (κ2) is 5.08. The van der Waals surface area contributed by atoms with Crippen LogP contribution in [-0.4, -0.2) is 23.5 Å². The van der Waals surface area contributed by atoms with Gasteiger partial charge in [0.15, 0.2) is 5.82 Å². The maximum Gasteiger partial charge on any atom is 0.241 e. The third kappa shape index (κ3) is 2.80. The predicted octanol–water partition coefficient (Wildman–Crippen LogP) is -0.771. The molecule has 0 saturated heterocycles. The summed E-state index contributed by atoms with van der Waals surface area (Å²) in [6.07, 6.45) is 2.45. The molecule has 0 amide bonds. The van der Waals surface area contributed by atoms with Crippen LogP contribution < -0.4 is 16.0 Å². The summed E-state index contributed by atoms with van der Waals surface area (Å²) in [6.45, 7) is -0.0630. The zero-order chi connectivity index (χ0) is 13.0. The lowest BCUT2D eigenvalue weighted by Gasteiger charge is -2.05. The van der Waals surface area contributed by atoms with Gasteiger partial charge in [-0.15, -0.1) is 0 Å². The summed E-state index contributed by atoms with van der Waals surface area (Å²) in [6, 6.07) is 2.65. The fourth-order valence-corrected chi connectivity index (χ4v) is 2.16. The lowest BCUT2D eigenvalue weighted by atomic mass is 10.5. The first-order chi connectivity index (χ1) is 8.62. The number of nitrogens with zero attached hydrogens (tertiary/aromatic N) is 3. The molecular formula is C8H10N6O3S. The molecule has 0 aromatic carbocycles. The van der Waals surface area contributed by atoms with Crippen molar-refractivity contribution in [3.63, 3.8) is 0 Å². The molecule has 10 heteroatoms. The number of rotatable bonds is 5. The summed E-state index contributed by atoms with van der Waals surface area (Å²) < 4.78 is 30.6. The fourth-order valence-electron chi connectivity index (χ4n) is 1.17. The van der Waals surface area contributed by atoms with Crippen LogP contribution in [0.25, 0.3) is 0 Å². The number of pyridine rings is 1. The summed E-state index contributed by atoms with van der Waals surface area (Å²) in [5, 5.41) is 3.49. The molecule has 2 heterocycles. The Morgan fingerprint density at radius 1 is 1.39 bits per heavy atom. The highest BCUT2D eigenvalue weighted by atomic mass is 32.2. The Morgan fingerprint density at radius 3 is 2.89 bits per heavy atom. The number of hydrogen-bond donors (Lipinski definition) is 3. The molecule has 0 aliphatic rings.